The third-order valence-corrected chi connectivity index (χ3v) is 5.54. The summed E-state index contributed by atoms with van der Waals surface area (Å²) in [6.45, 7) is 5.54. The molecule has 18 heavy (non-hydrogen) atoms. The van der Waals surface area contributed by atoms with E-state index in [1.807, 2.05) is 18.4 Å². The topological polar surface area (TPSA) is 55.2 Å². The second-order valence-corrected chi connectivity index (χ2v) is 6.78. The van der Waals surface area contributed by atoms with Crippen molar-refractivity contribution in [3.63, 3.8) is 0 Å². The maximum absolute atomic E-state index is 12.4. The van der Waals surface area contributed by atoms with Gasteiger partial charge in [-0.05, 0) is 26.2 Å². The van der Waals surface area contributed by atoms with E-state index in [0.29, 0.717) is 19.0 Å². The number of hydrogen-bond acceptors (Lipinski definition) is 3. The Balaban J connectivity index is 2.25. The van der Waals surface area contributed by atoms with E-state index in [4.69, 9.17) is 11.6 Å². The fourth-order valence-corrected chi connectivity index (χ4v) is 3.97. The SMILES string of the molecule is CCn1cc(S(=O)(=O)N2CCC(CCl)C2)nc1C. The monoisotopic (exact) mass is 291 g/mol. The average Bonchev–Trinajstić information content (AvgIpc) is 2.95. The third-order valence-electron chi connectivity index (χ3n) is 3.37. The highest BCUT2D eigenvalue weighted by molar-refractivity contribution is 7.89. The predicted octanol–water partition coefficient (Wildman–Crippen LogP) is 1.46. The van der Waals surface area contributed by atoms with Crippen LogP contribution in [0.3, 0.4) is 0 Å². The number of alkyl halides is 1. The molecular weight excluding hydrogens is 274 g/mol. The molecule has 7 heteroatoms. The number of rotatable bonds is 4. The van der Waals surface area contributed by atoms with E-state index in [-0.39, 0.29) is 10.9 Å². The van der Waals surface area contributed by atoms with Crippen LogP contribution in [-0.4, -0.2) is 41.2 Å². The van der Waals surface area contributed by atoms with Crippen LogP contribution in [0, 0.1) is 12.8 Å². The number of aryl methyl sites for hydroxylation is 2. The van der Waals surface area contributed by atoms with E-state index < -0.39 is 10.0 Å². The molecular formula is C11H18ClN3O2S. The summed E-state index contributed by atoms with van der Waals surface area (Å²) >= 11 is 5.78. The van der Waals surface area contributed by atoms with Crippen LogP contribution >= 0.6 is 11.6 Å². The lowest BCUT2D eigenvalue weighted by atomic mass is 10.2. The summed E-state index contributed by atoms with van der Waals surface area (Å²) < 4.78 is 28.1. The van der Waals surface area contributed by atoms with Gasteiger partial charge in [-0.2, -0.15) is 4.31 Å². The molecule has 0 aliphatic carbocycles. The molecule has 0 amide bonds. The Labute approximate surface area is 113 Å². The van der Waals surface area contributed by atoms with Crippen LogP contribution in [-0.2, 0) is 16.6 Å². The Morgan fingerprint density at radius 1 is 1.56 bits per heavy atom. The first-order chi connectivity index (χ1) is 8.48. The highest BCUT2D eigenvalue weighted by Crippen LogP contribution is 2.24. The lowest BCUT2D eigenvalue weighted by Gasteiger charge is -2.14. The van der Waals surface area contributed by atoms with E-state index in [1.165, 1.54) is 4.31 Å². The van der Waals surface area contributed by atoms with Crippen LogP contribution in [0.25, 0.3) is 0 Å². The Hall–Kier alpha value is -0.590. The first kappa shape index (κ1) is 13.8. The quantitative estimate of drug-likeness (QED) is 0.789. The molecule has 2 heterocycles. The van der Waals surface area contributed by atoms with Crippen molar-refractivity contribution in [1.29, 1.82) is 0 Å². The van der Waals surface area contributed by atoms with Crippen LogP contribution in [0.5, 0.6) is 0 Å². The van der Waals surface area contributed by atoms with Crippen molar-refractivity contribution in [2.75, 3.05) is 19.0 Å². The maximum atomic E-state index is 12.4. The van der Waals surface area contributed by atoms with Crippen LogP contribution in [0.1, 0.15) is 19.2 Å². The zero-order valence-electron chi connectivity index (χ0n) is 10.6. The summed E-state index contributed by atoms with van der Waals surface area (Å²) in [4.78, 5) is 4.15. The van der Waals surface area contributed by atoms with Crippen molar-refractivity contribution in [2.24, 2.45) is 5.92 Å². The molecule has 1 aliphatic heterocycles. The van der Waals surface area contributed by atoms with Crippen LogP contribution in [0.2, 0.25) is 0 Å². The minimum atomic E-state index is -3.45. The maximum Gasteiger partial charge on any atom is 0.262 e. The van der Waals surface area contributed by atoms with E-state index >= 15 is 0 Å². The summed E-state index contributed by atoms with van der Waals surface area (Å²) in [5.74, 6) is 1.49. The summed E-state index contributed by atoms with van der Waals surface area (Å²) in [5.41, 5.74) is 0. The second-order valence-electron chi connectivity index (χ2n) is 4.58. The molecule has 0 radical (unpaired) electrons. The zero-order valence-corrected chi connectivity index (χ0v) is 12.2. The Kier molecular flexibility index (Phi) is 3.99. The highest BCUT2D eigenvalue weighted by Gasteiger charge is 2.33. The largest absolute Gasteiger partial charge is 0.334 e. The minimum absolute atomic E-state index is 0.150. The van der Waals surface area contributed by atoms with Gasteiger partial charge in [0.1, 0.15) is 5.82 Å². The molecule has 1 saturated heterocycles. The standard InChI is InChI=1S/C11H18ClN3O2S/c1-3-14-8-11(13-9(14)2)18(16,17)15-5-4-10(6-12)7-15/h8,10H,3-7H2,1-2H3. The molecule has 1 aliphatic rings. The molecule has 2 rings (SSSR count). The lowest BCUT2D eigenvalue weighted by Crippen LogP contribution is -2.29. The van der Waals surface area contributed by atoms with Crippen molar-refractivity contribution >= 4 is 21.6 Å². The van der Waals surface area contributed by atoms with E-state index in [0.717, 1.165) is 18.8 Å². The molecule has 1 aromatic heterocycles. The molecule has 0 spiro atoms. The van der Waals surface area contributed by atoms with Gasteiger partial charge >= 0.3 is 0 Å². The van der Waals surface area contributed by atoms with Gasteiger partial charge in [-0.15, -0.1) is 11.6 Å². The van der Waals surface area contributed by atoms with Gasteiger partial charge in [0.2, 0.25) is 0 Å². The number of aromatic nitrogens is 2. The molecule has 0 saturated carbocycles. The molecule has 1 unspecified atom stereocenters. The number of nitrogens with zero attached hydrogens (tertiary/aromatic N) is 3. The zero-order chi connectivity index (χ0) is 13.3. The second kappa shape index (κ2) is 5.19. The summed E-state index contributed by atoms with van der Waals surface area (Å²) in [6, 6.07) is 0. The van der Waals surface area contributed by atoms with Gasteiger partial charge < -0.3 is 4.57 Å². The number of halogens is 1. The Morgan fingerprint density at radius 2 is 2.28 bits per heavy atom. The Morgan fingerprint density at radius 3 is 2.78 bits per heavy atom. The number of hydrogen-bond donors (Lipinski definition) is 0. The fraction of sp³-hybridized carbons (Fsp3) is 0.727. The van der Waals surface area contributed by atoms with Crippen LogP contribution in [0.15, 0.2) is 11.2 Å². The lowest BCUT2D eigenvalue weighted by molar-refractivity contribution is 0.462. The van der Waals surface area contributed by atoms with E-state index in [1.54, 1.807) is 6.20 Å². The Bertz CT molecular complexity index is 526. The molecule has 1 aromatic rings. The normalized spacial score (nSPS) is 21.6. The summed E-state index contributed by atoms with van der Waals surface area (Å²) in [6.07, 6.45) is 2.44. The highest BCUT2D eigenvalue weighted by atomic mass is 35.5. The van der Waals surface area contributed by atoms with Crippen molar-refractivity contribution in [1.82, 2.24) is 13.9 Å². The van der Waals surface area contributed by atoms with Gasteiger partial charge in [-0.1, -0.05) is 0 Å². The number of imidazole rings is 1. The van der Waals surface area contributed by atoms with Gasteiger partial charge in [0.05, 0.1) is 0 Å². The average molecular weight is 292 g/mol. The van der Waals surface area contributed by atoms with Crippen LogP contribution in [0.4, 0.5) is 0 Å². The van der Waals surface area contributed by atoms with Crippen molar-refractivity contribution < 1.29 is 8.42 Å². The molecule has 5 nitrogen and oxygen atoms in total. The van der Waals surface area contributed by atoms with Gasteiger partial charge in [0.25, 0.3) is 10.0 Å². The van der Waals surface area contributed by atoms with Gasteiger partial charge in [-0.3, -0.25) is 0 Å². The first-order valence-electron chi connectivity index (χ1n) is 6.09. The molecule has 0 aromatic carbocycles. The molecule has 1 atom stereocenters. The fourth-order valence-electron chi connectivity index (χ4n) is 2.20. The van der Waals surface area contributed by atoms with Gasteiger partial charge in [0.15, 0.2) is 5.03 Å². The van der Waals surface area contributed by atoms with E-state index in [9.17, 15) is 8.42 Å². The summed E-state index contributed by atoms with van der Waals surface area (Å²) in [7, 11) is -3.45. The van der Waals surface area contributed by atoms with E-state index in [2.05, 4.69) is 4.98 Å². The van der Waals surface area contributed by atoms with Crippen LogP contribution < -0.4 is 0 Å². The third kappa shape index (κ3) is 2.41. The minimum Gasteiger partial charge on any atom is -0.334 e. The number of sulfonamides is 1. The predicted molar refractivity (Wildman–Crippen MR) is 70.2 cm³/mol. The van der Waals surface area contributed by atoms with Crippen molar-refractivity contribution in [2.45, 2.75) is 31.8 Å². The van der Waals surface area contributed by atoms with Crippen molar-refractivity contribution in [3.05, 3.63) is 12.0 Å². The first-order valence-corrected chi connectivity index (χ1v) is 8.06. The molecule has 0 bridgehead atoms. The van der Waals surface area contributed by atoms with Gasteiger partial charge in [-0.25, -0.2) is 13.4 Å². The smallest absolute Gasteiger partial charge is 0.262 e. The van der Waals surface area contributed by atoms with Crippen molar-refractivity contribution in [3.8, 4) is 0 Å². The molecule has 0 N–H and O–H groups in total. The molecule has 1 fully saturated rings. The molecule has 102 valence electrons. The summed E-state index contributed by atoms with van der Waals surface area (Å²) in [5, 5.41) is 0.150. The van der Waals surface area contributed by atoms with Gasteiger partial charge in [0, 0.05) is 31.7 Å².